The molecule has 0 aromatic rings. The summed E-state index contributed by atoms with van der Waals surface area (Å²) in [5.74, 6) is -1.19. The number of amides is 1. The smallest absolute Gasteiger partial charge is 0.322 e. The van der Waals surface area contributed by atoms with Crippen LogP contribution in [0.15, 0.2) is 0 Å². The van der Waals surface area contributed by atoms with Gasteiger partial charge in [0.05, 0.1) is 0 Å². The van der Waals surface area contributed by atoms with Crippen LogP contribution in [0.1, 0.15) is 26.2 Å². The van der Waals surface area contributed by atoms with Crippen LogP contribution in [0.3, 0.4) is 0 Å². The minimum absolute atomic E-state index is 0.186. The summed E-state index contributed by atoms with van der Waals surface area (Å²) in [6.45, 7) is 1.70. The fourth-order valence-electron chi connectivity index (χ4n) is 0.600. The van der Waals surface area contributed by atoms with Gasteiger partial charge in [-0.25, -0.2) is 0 Å². The van der Waals surface area contributed by atoms with E-state index in [0.29, 0.717) is 6.42 Å². The van der Waals surface area contributed by atoms with Crippen LogP contribution in [0.4, 0.5) is 0 Å². The summed E-state index contributed by atoms with van der Waals surface area (Å²) in [5.41, 5.74) is 0. The fourth-order valence-corrected chi connectivity index (χ4v) is 0.600. The Balaban J connectivity index is 3.30. The van der Waals surface area contributed by atoms with Crippen molar-refractivity contribution >= 4 is 11.9 Å². The lowest BCUT2D eigenvalue weighted by Crippen LogP contribution is -2.28. The third kappa shape index (κ3) is 6.83. The van der Waals surface area contributed by atoms with Gasteiger partial charge >= 0.3 is 5.97 Å². The highest BCUT2D eigenvalue weighted by Gasteiger charge is 2.01. The van der Waals surface area contributed by atoms with Crippen molar-refractivity contribution in [3.8, 4) is 0 Å². The summed E-state index contributed by atoms with van der Waals surface area (Å²) in [7, 11) is 0. The third-order valence-electron chi connectivity index (χ3n) is 1.19. The fraction of sp³-hybridized carbons (Fsp3) is 0.714. The Labute approximate surface area is 65.6 Å². The molecule has 2 N–H and O–H groups in total. The van der Waals surface area contributed by atoms with Gasteiger partial charge in [-0.3, -0.25) is 9.59 Å². The van der Waals surface area contributed by atoms with Crippen molar-refractivity contribution in [1.82, 2.24) is 5.32 Å². The number of carboxylic acids is 1. The zero-order valence-corrected chi connectivity index (χ0v) is 6.59. The number of carbonyl (C=O) groups excluding carboxylic acids is 1. The predicted octanol–water partition coefficient (Wildman–Crippen LogP) is 0.377. The Morgan fingerprint density at radius 3 is 2.55 bits per heavy atom. The van der Waals surface area contributed by atoms with Crippen LogP contribution in [-0.2, 0) is 9.59 Å². The van der Waals surface area contributed by atoms with E-state index < -0.39 is 5.97 Å². The lowest BCUT2D eigenvalue weighted by atomic mass is 10.2. The molecule has 0 aromatic heterocycles. The normalized spacial score (nSPS) is 9.18. The van der Waals surface area contributed by atoms with E-state index in [9.17, 15) is 9.59 Å². The van der Waals surface area contributed by atoms with Crippen molar-refractivity contribution in [2.45, 2.75) is 26.2 Å². The Morgan fingerprint density at radius 1 is 1.45 bits per heavy atom. The molecule has 4 heteroatoms. The number of nitrogens with one attached hydrogen (secondary N) is 1. The van der Waals surface area contributed by atoms with E-state index in [1.54, 1.807) is 0 Å². The van der Waals surface area contributed by atoms with Gasteiger partial charge in [-0.1, -0.05) is 13.3 Å². The van der Waals surface area contributed by atoms with E-state index in [0.717, 1.165) is 12.8 Å². The molecule has 0 bridgehead atoms. The van der Waals surface area contributed by atoms with Gasteiger partial charge in [0.2, 0.25) is 5.91 Å². The van der Waals surface area contributed by atoms with Gasteiger partial charge in [0.25, 0.3) is 0 Å². The van der Waals surface area contributed by atoms with Crippen molar-refractivity contribution < 1.29 is 14.7 Å². The minimum Gasteiger partial charge on any atom is -0.480 e. The molecule has 0 rings (SSSR count). The number of unbranched alkanes of at least 4 members (excludes halogenated alkanes) is 1. The molecule has 0 fully saturated rings. The molecular weight excluding hydrogens is 146 g/mol. The topological polar surface area (TPSA) is 66.4 Å². The SMILES string of the molecule is CCCCC(=O)NCC(=O)O. The molecule has 11 heavy (non-hydrogen) atoms. The summed E-state index contributed by atoms with van der Waals surface area (Å²) < 4.78 is 0. The zero-order valence-electron chi connectivity index (χ0n) is 6.59. The van der Waals surface area contributed by atoms with Crippen molar-refractivity contribution in [2.24, 2.45) is 0 Å². The van der Waals surface area contributed by atoms with E-state index in [1.165, 1.54) is 0 Å². The van der Waals surface area contributed by atoms with Crippen LogP contribution >= 0.6 is 0 Å². The highest BCUT2D eigenvalue weighted by Crippen LogP contribution is 1.92. The second kappa shape index (κ2) is 5.70. The summed E-state index contributed by atoms with van der Waals surface area (Å²) in [6.07, 6.45) is 2.18. The van der Waals surface area contributed by atoms with Gasteiger partial charge in [0.1, 0.15) is 6.54 Å². The Bertz CT molecular complexity index is 145. The molecule has 0 saturated heterocycles. The van der Waals surface area contributed by atoms with Gasteiger partial charge in [0, 0.05) is 6.42 Å². The van der Waals surface area contributed by atoms with Crippen LogP contribution in [0.5, 0.6) is 0 Å². The van der Waals surface area contributed by atoms with E-state index in [-0.39, 0.29) is 12.5 Å². The number of hydrogen-bond acceptors (Lipinski definition) is 2. The van der Waals surface area contributed by atoms with Crippen LogP contribution in [0.2, 0.25) is 0 Å². The Kier molecular flexibility index (Phi) is 5.15. The highest BCUT2D eigenvalue weighted by molar-refractivity contribution is 5.80. The first-order chi connectivity index (χ1) is 5.16. The summed E-state index contributed by atoms with van der Waals surface area (Å²) in [4.78, 5) is 20.7. The number of aliphatic carboxylic acids is 1. The molecule has 1 amide bonds. The number of carboxylic acid groups (broad SMARTS) is 1. The van der Waals surface area contributed by atoms with Crippen LogP contribution in [0, 0.1) is 0 Å². The van der Waals surface area contributed by atoms with E-state index in [2.05, 4.69) is 5.32 Å². The maximum Gasteiger partial charge on any atom is 0.322 e. The second-order valence-corrected chi connectivity index (χ2v) is 2.27. The van der Waals surface area contributed by atoms with Crippen LogP contribution < -0.4 is 5.32 Å². The molecule has 0 aliphatic carbocycles. The molecule has 0 radical (unpaired) electrons. The van der Waals surface area contributed by atoms with Gasteiger partial charge < -0.3 is 10.4 Å². The van der Waals surface area contributed by atoms with E-state index >= 15 is 0 Å². The highest BCUT2D eigenvalue weighted by atomic mass is 16.4. The van der Waals surface area contributed by atoms with Crippen molar-refractivity contribution in [3.63, 3.8) is 0 Å². The van der Waals surface area contributed by atoms with E-state index in [1.807, 2.05) is 6.92 Å². The summed E-state index contributed by atoms with van der Waals surface area (Å²) in [5, 5.41) is 10.5. The molecular formula is C7H13NO3. The first-order valence-electron chi connectivity index (χ1n) is 3.65. The molecule has 0 aromatic carbocycles. The molecule has 0 unspecified atom stereocenters. The predicted molar refractivity (Wildman–Crippen MR) is 40.2 cm³/mol. The quantitative estimate of drug-likeness (QED) is 0.609. The third-order valence-corrected chi connectivity index (χ3v) is 1.19. The molecule has 0 aliphatic rings. The average molecular weight is 159 g/mol. The van der Waals surface area contributed by atoms with Crippen molar-refractivity contribution in [3.05, 3.63) is 0 Å². The Morgan fingerprint density at radius 2 is 2.09 bits per heavy atom. The lowest BCUT2D eigenvalue weighted by Gasteiger charge is -1.99. The zero-order chi connectivity index (χ0) is 8.69. The van der Waals surface area contributed by atoms with Gasteiger partial charge in [-0.15, -0.1) is 0 Å². The first kappa shape index (κ1) is 9.94. The van der Waals surface area contributed by atoms with Crippen molar-refractivity contribution in [1.29, 1.82) is 0 Å². The van der Waals surface area contributed by atoms with Crippen LogP contribution in [-0.4, -0.2) is 23.5 Å². The maximum atomic E-state index is 10.7. The first-order valence-corrected chi connectivity index (χ1v) is 3.65. The number of rotatable bonds is 5. The number of carbonyl (C=O) groups is 2. The standard InChI is InChI=1S/C7H13NO3/c1-2-3-4-6(9)8-5-7(10)11/h2-5H2,1H3,(H,8,9)(H,10,11). The maximum absolute atomic E-state index is 10.7. The molecule has 4 nitrogen and oxygen atoms in total. The minimum atomic E-state index is -1.00. The van der Waals surface area contributed by atoms with Gasteiger partial charge in [-0.2, -0.15) is 0 Å². The molecule has 0 spiro atoms. The number of hydrogen-bond donors (Lipinski definition) is 2. The summed E-state index contributed by atoms with van der Waals surface area (Å²) in [6, 6.07) is 0. The molecule has 0 atom stereocenters. The van der Waals surface area contributed by atoms with Gasteiger partial charge in [-0.05, 0) is 6.42 Å². The molecule has 0 aliphatic heterocycles. The lowest BCUT2D eigenvalue weighted by molar-refractivity contribution is -0.137. The van der Waals surface area contributed by atoms with E-state index in [4.69, 9.17) is 5.11 Å². The molecule has 64 valence electrons. The van der Waals surface area contributed by atoms with Crippen LogP contribution in [0.25, 0.3) is 0 Å². The largest absolute Gasteiger partial charge is 0.480 e. The Hall–Kier alpha value is -1.06. The summed E-state index contributed by atoms with van der Waals surface area (Å²) >= 11 is 0. The molecule has 0 heterocycles. The van der Waals surface area contributed by atoms with Gasteiger partial charge in [0.15, 0.2) is 0 Å². The average Bonchev–Trinajstić information content (AvgIpc) is 1.97. The molecule has 0 saturated carbocycles. The second-order valence-electron chi connectivity index (χ2n) is 2.27. The monoisotopic (exact) mass is 159 g/mol. The van der Waals surface area contributed by atoms with Crippen molar-refractivity contribution in [2.75, 3.05) is 6.54 Å².